The number of carbonyl (C=O) groups excluding carboxylic acids is 2. The van der Waals surface area contributed by atoms with Gasteiger partial charge in [-0.25, -0.2) is 0 Å². The van der Waals surface area contributed by atoms with E-state index >= 15 is 0 Å². The zero-order chi connectivity index (χ0) is 21.2. The van der Waals surface area contributed by atoms with Crippen molar-refractivity contribution in [2.75, 3.05) is 23.3 Å². The highest BCUT2D eigenvalue weighted by Crippen LogP contribution is 2.27. The Balaban J connectivity index is 1.75. The summed E-state index contributed by atoms with van der Waals surface area (Å²) in [4.78, 5) is 27.6. The van der Waals surface area contributed by atoms with E-state index in [2.05, 4.69) is 22.5 Å². The minimum atomic E-state index is -0.110. The molecule has 1 saturated heterocycles. The summed E-state index contributed by atoms with van der Waals surface area (Å²) in [7, 11) is 0. The van der Waals surface area contributed by atoms with E-state index in [0.717, 1.165) is 56.4 Å². The van der Waals surface area contributed by atoms with Crippen LogP contribution in [0.1, 0.15) is 67.8 Å². The Kier molecular flexibility index (Phi) is 8.30. The van der Waals surface area contributed by atoms with Crippen LogP contribution in [-0.2, 0) is 11.3 Å². The molecular weight excluding hydrogens is 374 g/mol. The second-order valence-corrected chi connectivity index (χ2v) is 7.95. The van der Waals surface area contributed by atoms with E-state index in [0.29, 0.717) is 24.2 Å². The Morgan fingerprint density at radius 2 is 1.73 bits per heavy atom. The van der Waals surface area contributed by atoms with Crippen molar-refractivity contribution in [3.05, 3.63) is 59.7 Å². The number of rotatable bonds is 9. The largest absolute Gasteiger partial charge is 0.371 e. The fourth-order valence-electron chi connectivity index (χ4n) is 3.84. The summed E-state index contributed by atoms with van der Waals surface area (Å²) in [6.07, 6.45) is 7.05. The van der Waals surface area contributed by atoms with Gasteiger partial charge in [0, 0.05) is 37.4 Å². The highest BCUT2D eigenvalue weighted by molar-refractivity contribution is 6.02. The lowest BCUT2D eigenvalue weighted by molar-refractivity contribution is -0.116. The average Bonchev–Trinajstić information content (AvgIpc) is 2.79. The van der Waals surface area contributed by atoms with Gasteiger partial charge in [-0.3, -0.25) is 9.59 Å². The number of amides is 2. The molecule has 2 N–H and O–H groups in total. The van der Waals surface area contributed by atoms with Crippen molar-refractivity contribution in [3.63, 3.8) is 0 Å². The number of piperidine rings is 1. The summed E-state index contributed by atoms with van der Waals surface area (Å²) < 4.78 is 0. The van der Waals surface area contributed by atoms with E-state index in [1.807, 2.05) is 48.5 Å². The van der Waals surface area contributed by atoms with E-state index in [9.17, 15) is 9.59 Å². The first kappa shape index (κ1) is 21.9. The van der Waals surface area contributed by atoms with E-state index in [4.69, 9.17) is 0 Å². The SMILES string of the molecule is CCCCCC(=O)Nc1ccc(N2CCCCC2)c(C(=O)NCc2ccccc2)c1. The molecule has 1 aliphatic rings. The monoisotopic (exact) mass is 407 g/mol. The molecule has 30 heavy (non-hydrogen) atoms. The van der Waals surface area contributed by atoms with Gasteiger partial charge in [-0.1, -0.05) is 50.1 Å². The molecule has 2 aromatic rings. The van der Waals surface area contributed by atoms with Crippen LogP contribution in [-0.4, -0.2) is 24.9 Å². The van der Waals surface area contributed by atoms with Crippen LogP contribution in [0.15, 0.2) is 48.5 Å². The second-order valence-electron chi connectivity index (χ2n) is 7.95. The minimum Gasteiger partial charge on any atom is -0.371 e. The fourth-order valence-corrected chi connectivity index (χ4v) is 3.84. The molecule has 3 rings (SSSR count). The molecule has 5 nitrogen and oxygen atoms in total. The quantitative estimate of drug-likeness (QED) is 0.567. The van der Waals surface area contributed by atoms with Crippen LogP contribution in [0.3, 0.4) is 0 Å². The number of anilines is 2. The first-order valence-corrected chi connectivity index (χ1v) is 11.2. The molecule has 0 radical (unpaired) electrons. The van der Waals surface area contributed by atoms with Crippen molar-refractivity contribution in [1.82, 2.24) is 5.32 Å². The molecule has 2 aromatic carbocycles. The maximum Gasteiger partial charge on any atom is 0.253 e. The number of carbonyl (C=O) groups is 2. The van der Waals surface area contributed by atoms with E-state index < -0.39 is 0 Å². The Morgan fingerprint density at radius 3 is 2.47 bits per heavy atom. The number of hydrogen-bond donors (Lipinski definition) is 2. The minimum absolute atomic E-state index is 0.00446. The van der Waals surface area contributed by atoms with Gasteiger partial charge in [0.2, 0.25) is 5.91 Å². The van der Waals surface area contributed by atoms with Gasteiger partial charge in [0.15, 0.2) is 0 Å². The summed E-state index contributed by atoms with van der Waals surface area (Å²) in [5.74, 6) is -0.105. The molecule has 0 bridgehead atoms. The lowest BCUT2D eigenvalue weighted by Crippen LogP contribution is -2.32. The Morgan fingerprint density at radius 1 is 0.967 bits per heavy atom. The molecule has 0 atom stereocenters. The highest BCUT2D eigenvalue weighted by Gasteiger charge is 2.19. The van der Waals surface area contributed by atoms with Crippen molar-refractivity contribution in [2.45, 2.75) is 58.4 Å². The fraction of sp³-hybridized carbons (Fsp3) is 0.440. The van der Waals surface area contributed by atoms with Crippen LogP contribution in [0.5, 0.6) is 0 Å². The number of benzene rings is 2. The Labute approximate surface area is 179 Å². The molecule has 1 fully saturated rings. The van der Waals surface area contributed by atoms with Gasteiger partial charge in [-0.15, -0.1) is 0 Å². The smallest absolute Gasteiger partial charge is 0.253 e. The predicted molar refractivity (Wildman–Crippen MR) is 123 cm³/mol. The van der Waals surface area contributed by atoms with Crippen LogP contribution in [0, 0.1) is 0 Å². The molecule has 1 aliphatic heterocycles. The number of nitrogens with zero attached hydrogens (tertiary/aromatic N) is 1. The van der Waals surface area contributed by atoms with Crippen LogP contribution in [0.2, 0.25) is 0 Å². The lowest BCUT2D eigenvalue weighted by atomic mass is 10.1. The molecule has 0 spiro atoms. The van der Waals surface area contributed by atoms with Crippen LogP contribution < -0.4 is 15.5 Å². The number of unbranched alkanes of at least 4 members (excludes halogenated alkanes) is 2. The van der Waals surface area contributed by atoms with Gasteiger partial charge in [-0.2, -0.15) is 0 Å². The first-order chi connectivity index (χ1) is 14.7. The third kappa shape index (κ3) is 6.34. The molecule has 0 aromatic heterocycles. The van der Waals surface area contributed by atoms with Gasteiger partial charge < -0.3 is 15.5 Å². The third-order valence-corrected chi connectivity index (χ3v) is 5.52. The zero-order valence-corrected chi connectivity index (χ0v) is 18.0. The Bertz CT molecular complexity index is 830. The topological polar surface area (TPSA) is 61.4 Å². The van der Waals surface area contributed by atoms with Crippen molar-refractivity contribution in [3.8, 4) is 0 Å². The zero-order valence-electron chi connectivity index (χ0n) is 18.0. The number of nitrogens with one attached hydrogen (secondary N) is 2. The molecule has 0 aliphatic carbocycles. The van der Waals surface area contributed by atoms with Crippen molar-refractivity contribution < 1.29 is 9.59 Å². The summed E-state index contributed by atoms with van der Waals surface area (Å²) in [5.41, 5.74) is 3.32. The van der Waals surface area contributed by atoms with Crippen molar-refractivity contribution in [2.24, 2.45) is 0 Å². The summed E-state index contributed by atoms with van der Waals surface area (Å²) in [6.45, 7) is 4.52. The van der Waals surface area contributed by atoms with E-state index in [1.54, 1.807) is 0 Å². The van der Waals surface area contributed by atoms with Crippen LogP contribution in [0.4, 0.5) is 11.4 Å². The normalized spacial score (nSPS) is 13.7. The van der Waals surface area contributed by atoms with Gasteiger partial charge in [0.05, 0.1) is 5.56 Å². The second kappa shape index (κ2) is 11.4. The van der Waals surface area contributed by atoms with Crippen molar-refractivity contribution >= 4 is 23.2 Å². The van der Waals surface area contributed by atoms with Gasteiger partial charge in [0.1, 0.15) is 0 Å². The molecule has 160 valence electrons. The average molecular weight is 408 g/mol. The molecule has 0 saturated carbocycles. The Hall–Kier alpha value is -2.82. The maximum absolute atomic E-state index is 13.1. The first-order valence-electron chi connectivity index (χ1n) is 11.2. The molecule has 5 heteroatoms. The molecule has 0 unspecified atom stereocenters. The van der Waals surface area contributed by atoms with Crippen LogP contribution >= 0.6 is 0 Å². The van der Waals surface area contributed by atoms with Crippen molar-refractivity contribution in [1.29, 1.82) is 0 Å². The number of hydrogen-bond acceptors (Lipinski definition) is 3. The standard InChI is InChI=1S/C25H33N3O2/c1-2-3-6-13-24(29)27-21-14-15-23(28-16-9-5-10-17-28)22(18-21)25(30)26-19-20-11-7-4-8-12-20/h4,7-8,11-12,14-15,18H,2-3,5-6,9-10,13,16-17,19H2,1H3,(H,26,30)(H,27,29). The lowest BCUT2D eigenvalue weighted by Gasteiger charge is -2.30. The van der Waals surface area contributed by atoms with Gasteiger partial charge >= 0.3 is 0 Å². The molecule has 1 heterocycles. The highest BCUT2D eigenvalue weighted by atomic mass is 16.2. The summed E-state index contributed by atoms with van der Waals surface area (Å²) in [6, 6.07) is 15.6. The maximum atomic E-state index is 13.1. The predicted octanol–water partition coefficient (Wildman–Crippen LogP) is 5.13. The van der Waals surface area contributed by atoms with Crippen LogP contribution in [0.25, 0.3) is 0 Å². The van der Waals surface area contributed by atoms with E-state index in [-0.39, 0.29) is 11.8 Å². The van der Waals surface area contributed by atoms with E-state index in [1.165, 1.54) is 6.42 Å². The molecule has 2 amide bonds. The van der Waals surface area contributed by atoms with Gasteiger partial charge in [-0.05, 0) is 49.4 Å². The summed E-state index contributed by atoms with van der Waals surface area (Å²) in [5, 5.41) is 6.00. The molecular formula is C25H33N3O2. The third-order valence-electron chi connectivity index (χ3n) is 5.52. The summed E-state index contributed by atoms with van der Waals surface area (Å²) >= 11 is 0. The van der Waals surface area contributed by atoms with Gasteiger partial charge in [0.25, 0.3) is 5.91 Å².